The summed E-state index contributed by atoms with van der Waals surface area (Å²) in [6.45, 7) is 14.6. The Hall–Kier alpha value is -1.96. The number of aliphatic carboxylic acids is 1. The molecule has 4 saturated carbocycles. The van der Waals surface area contributed by atoms with Crippen molar-refractivity contribution in [3.8, 4) is 0 Å². The van der Waals surface area contributed by atoms with Crippen LogP contribution in [0.1, 0.15) is 107 Å². The first-order valence-electron chi connectivity index (χ1n) is 24.8. The van der Waals surface area contributed by atoms with Gasteiger partial charge in [-0.2, -0.15) is 0 Å². The SMILES string of the molecule is CC(=O)OC1C(O)C(C)(CO)CC2C3=CCC4C5(C)CCC(OC6OC(C(=O)O)C(O)C(O)C6OC6OCC(O)C(O)C6OC6OC(C)C(O)C(O)C6O)C(C)(CO)C5CCC4(C)C3(C)CCC21C. The summed E-state index contributed by atoms with van der Waals surface area (Å²) >= 11 is 0. The van der Waals surface area contributed by atoms with Crippen LogP contribution in [0.15, 0.2) is 11.6 Å². The maximum absolute atomic E-state index is 12.5. The summed E-state index contributed by atoms with van der Waals surface area (Å²) in [5.74, 6) is -2.15. The third-order valence-corrected chi connectivity index (χ3v) is 19.8. The molecule has 26 unspecified atom stereocenters. The van der Waals surface area contributed by atoms with Crippen molar-refractivity contribution in [2.45, 2.75) is 211 Å². The van der Waals surface area contributed by atoms with Crippen LogP contribution in [0, 0.1) is 50.2 Å². The van der Waals surface area contributed by atoms with Gasteiger partial charge in [-0.3, -0.25) is 4.79 Å². The van der Waals surface area contributed by atoms with Crippen molar-refractivity contribution in [1.82, 2.24) is 0 Å². The van der Waals surface area contributed by atoms with Crippen molar-refractivity contribution in [2.75, 3.05) is 19.8 Å². The molecule has 69 heavy (non-hydrogen) atoms. The van der Waals surface area contributed by atoms with Crippen molar-refractivity contribution in [3.63, 3.8) is 0 Å². The van der Waals surface area contributed by atoms with E-state index in [1.165, 1.54) is 19.4 Å². The highest BCUT2D eigenvalue weighted by Crippen LogP contribution is 2.76. The lowest BCUT2D eigenvalue weighted by molar-refractivity contribution is -0.387. The lowest BCUT2D eigenvalue weighted by Crippen LogP contribution is -2.69. The summed E-state index contributed by atoms with van der Waals surface area (Å²) < 4.78 is 42.0. The first-order chi connectivity index (χ1) is 32.2. The smallest absolute Gasteiger partial charge is 0.335 e. The minimum absolute atomic E-state index is 0.0718. The predicted molar refractivity (Wildman–Crippen MR) is 237 cm³/mol. The number of hydrogen-bond acceptors (Lipinski definition) is 19. The average molecular weight is 987 g/mol. The van der Waals surface area contributed by atoms with E-state index in [1.807, 2.05) is 13.8 Å². The summed E-state index contributed by atoms with van der Waals surface area (Å²) in [6.07, 6.45) is -19.0. The zero-order chi connectivity index (χ0) is 50.7. The van der Waals surface area contributed by atoms with Crippen LogP contribution in [0.5, 0.6) is 0 Å². The van der Waals surface area contributed by atoms with Gasteiger partial charge >= 0.3 is 11.9 Å². The molecule has 8 aliphatic rings. The first-order valence-corrected chi connectivity index (χ1v) is 24.8. The second-order valence-electron chi connectivity index (χ2n) is 23.6. The molecule has 11 N–H and O–H groups in total. The number of carbonyl (C=O) groups is 2. The summed E-state index contributed by atoms with van der Waals surface area (Å²) in [5, 5.41) is 120. The molecule has 7 fully saturated rings. The highest BCUT2D eigenvalue weighted by molar-refractivity contribution is 5.73. The van der Waals surface area contributed by atoms with E-state index in [9.17, 15) is 65.8 Å². The Kier molecular flexibility index (Phi) is 14.5. The van der Waals surface area contributed by atoms with E-state index in [4.69, 9.17) is 33.2 Å². The average Bonchev–Trinajstić information content (AvgIpc) is 3.29. The van der Waals surface area contributed by atoms with Crippen molar-refractivity contribution < 1.29 is 98.9 Å². The summed E-state index contributed by atoms with van der Waals surface area (Å²) in [5.41, 5.74) is -2.05. The third-order valence-electron chi connectivity index (χ3n) is 19.8. The third kappa shape index (κ3) is 8.26. The van der Waals surface area contributed by atoms with Crippen molar-refractivity contribution in [2.24, 2.45) is 50.2 Å². The summed E-state index contributed by atoms with van der Waals surface area (Å²) in [6, 6.07) is 0. The monoisotopic (exact) mass is 987 g/mol. The molecule has 0 bridgehead atoms. The van der Waals surface area contributed by atoms with Gasteiger partial charge in [0.2, 0.25) is 0 Å². The van der Waals surface area contributed by atoms with Crippen molar-refractivity contribution in [1.29, 1.82) is 0 Å². The standard InChI is InChI=1S/C49H78O20/c1-21-29(54)31(56)34(59)41(64-21)68-36-30(55)25(53)18-63-42(36)69-37-33(58)32(57)35(40(61)62)67-43(37)66-28-12-13-46(5)26(47(28,6)20-51)11-14-49(8)27(46)10-9-23-24-17-44(3,19-50)38(60)39(65-22(2)52)45(24,4)15-16-48(23,49)7/h9,21,24-39,41-43,50-51,53-60H,10-20H2,1-8H3,(H,61,62). The predicted octanol–water partition coefficient (Wildman–Crippen LogP) is -0.142. The lowest BCUT2D eigenvalue weighted by Gasteiger charge is -2.72. The van der Waals surface area contributed by atoms with E-state index >= 15 is 0 Å². The van der Waals surface area contributed by atoms with Crippen LogP contribution in [0.25, 0.3) is 0 Å². The van der Waals surface area contributed by atoms with Gasteiger partial charge in [0.15, 0.2) is 25.0 Å². The molecule has 0 aromatic heterocycles. The first kappa shape index (κ1) is 53.3. The largest absolute Gasteiger partial charge is 0.479 e. The molecule has 5 aliphatic carbocycles. The van der Waals surface area contributed by atoms with Gasteiger partial charge in [-0.15, -0.1) is 0 Å². The van der Waals surface area contributed by atoms with Crippen molar-refractivity contribution in [3.05, 3.63) is 11.6 Å². The maximum Gasteiger partial charge on any atom is 0.335 e. The molecule has 26 atom stereocenters. The van der Waals surface area contributed by atoms with E-state index in [0.717, 1.165) is 19.3 Å². The number of carbonyl (C=O) groups excluding carboxylic acids is 1. The Labute approximate surface area is 402 Å². The van der Waals surface area contributed by atoms with Gasteiger partial charge < -0.3 is 89.3 Å². The molecular weight excluding hydrogens is 909 g/mol. The number of fused-ring (bicyclic) bond motifs is 7. The molecule has 0 aromatic rings. The van der Waals surface area contributed by atoms with E-state index in [2.05, 4.69) is 33.8 Å². The summed E-state index contributed by atoms with van der Waals surface area (Å²) in [7, 11) is 0. The van der Waals surface area contributed by atoms with Gasteiger partial charge in [-0.1, -0.05) is 53.2 Å². The second kappa shape index (κ2) is 18.8. The Morgan fingerprint density at radius 1 is 0.710 bits per heavy atom. The Morgan fingerprint density at radius 2 is 1.38 bits per heavy atom. The number of hydrogen-bond donors (Lipinski definition) is 11. The number of allylic oxidation sites excluding steroid dienone is 2. The van der Waals surface area contributed by atoms with Gasteiger partial charge in [0.05, 0.1) is 38.1 Å². The number of carboxylic acid groups (broad SMARTS) is 1. The molecule has 0 spiro atoms. The molecule has 20 nitrogen and oxygen atoms in total. The van der Waals surface area contributed by atoms with Crippen LogP contribution in [0.3, 0.4) is 0 Å². The van der Waals surface area contributed by atoms with Crippen LogP contribution in [0.4, 0.5) is 0 Å². The van der Waals surface area contributed by atoms with E-state index in [-0.39, 0.29) is 47.2 Å². The fourth-order valence-corrected chi connectivity index (χ4v) is 15.2. The molecule has 20 heteroatoms. The van der Waals surface area contributed by atoms with Crippen LogP contribution >= 0.6 is 0 Å². The number of carboxylic acids is 1. The van der Waals surface area contributed by atoms with Gasteiger partial charge in [0.1, 0.15) is 61.0 Å². The highest BCUT2D eigenvalue weighted by atomic mass is 16.8. The molecule has 3 saturated heterocycles. The molecule has 394 valence electrons. The molecule has 0 radical (unpaired) electrons. The fraction of sp³-hybridized carbons (Fsp3) is 0.918. The minimum atomic E-state index is -2.05. The number of aliphatic hydroxyl groups excluding tert-OH is 10. The van der Waals surface area contributed by atoms with Gasteiger partial charge in [-0.05, 0) is 92.3 Å². The molecular formula is C49H78O20. The Balaban J connectivity index is 1.07. The second-order valence-corrected chi connectivity index (χ2v) is 23.6. The number of aliphatic hydroxyl groups is 10. The number of ether oxygens (including phenoxy) is 7. The molecule has 0 amide bonds. The van der Waals surface area contributed by atoms with Crippen LogP contribution in [0.2, 0.25) is 0 Å². The molecule has 3 heterocycles. The fourth-order valence-electron chi connectivity index (χ4n) is 15.2. The van der Waals surface area contributed by atoms with Crippen LogP contribution in [-0.4, -0.2) is 192 Å². The maximum atomic E-state index is 12.5. The topological polar surface area (TPSA) is 321 Å². The summed E-state index contributed by atoms with van der Waals surface area (Å²) in [4.78, 5) is 25.0. The van der Waals surface area contributed by atoms with E-state index in [0.29, 0.717) is 32.1 Å². The Bertz CT molecular complexity index is 1940. The molecule has 8 rings (SSSR count). The zero-order valence-corrected chi connectivity index (χ0v) is 41.0. The van der Waals surface area contributed by atoms with Gasteiger partial charge in [0, 0.05) is 23.2 Å². The highest BCUT2D eigenvalue weighted by Gasteiger charge is 2.71. The van der Waals surface area contributed by atoms with Gasteiger partial charge in [-0.25, -0.2) is 4.79 Å². The molecule has 3 aliphatic heterocycles. The van der Waals surface area contributed by atoms with Crippen LogP contribution in [-0.2, 0) is 42.7 Å². The number of rotatable bonds is 10. The molecule has 0 aromatic carbocycles. The normalized spacial score (nSPS) is 55.3. The Morgan fingerprint density at radius 3 is 2.01 bits per heavy atom. The van der Waals surface area contributed by atoms with Crippen LogP contribution < -0.4 is 0 Å². The van der Waals surface area contributed by atoms with E-state index in [1.54, 1.807) is 0 Å². The van der Waals surface area contributed by atoms with Gasteiger partial charge in [0.25, 0.3) is 0 Å². The zero-order valence-electron chi connectivity index (χ0n) is 41.0. The lowest BCUT2D eigenvalue weighted by atomic mass is 9.33. The number of esters is 1. The van der Waals surface area contributed by atoms with E-state index < -0.39 is 139 Å². The van der Waals surface area contributed by atoms with Crippen molar-refractivity contribution >= 4 is 11.9 Å². The minimum Gasteiger partial charge on any atom is -0.479 e. The quantitative estimate of drug-likeness (QED) is 0.0771.